The summed E-state index contributed by atoms with van der Waals surface area (Å²) in [4.78, 5) is 9.93. The van der Waals surface area contributed by atoms with Crippen molar-refractivity contribution >= 4 is 16.8 Å². The number of carbonyl (C=O) groups is 1. The van der Waals surface area contributed by atoms with Crippen LogP contribution in [0, 0.1) is 0 Å². The highest BCUT2D eigenvalue weighted by molar-refractivity contribution is 8.19. The van der Waals surface area contributed by atoms with Gasteiger partial charge in [-0.05, 0) is 0 Å². The normalized spacial score (nSPS) is 16.4. The zero-order valence-electron chi connectivity index (χ0n) is 4.97. The smallest absolute Gasteiger partial charge is 0.321 e. The summed E-state index contributed by atoms with van der Waals surface area (Å²) in [7, 11) is -3.77. The SMILES string of the molecule is NC(CS(O)(O)O)C(=O)O. The van der Waals surface area contributed by atoms with Gasteiger partial charge in [-0.2, -0.15) is 0 Å². The molecule has 1 atom stereocenters. The average Bonchev–Trinajstić information content (AvgIpc) is 1.60. The largest absolute Gasteiger partial charge is 0.480 e. The van der Waals surface area contributed by atoms with Gasteiger partial charge in [-0.3, -0.25) is 4.79 Å². The fraction of sp³-hybridized carbons (Fsp3) is 0.667. The fourth-order valence-electron chi connectivity index (χ4n) is 0.312. The van der Waals surface area contributed by atoms with Gasteiger partial charge < -0.3 is 24.5 Å². The lowest BCUT2D eigenvalue weighted by Crippen LogP contribution is -2.35. The van der Waals surface area contributed by atoms with Crippen LogP contribution in [-0.4, -0.2) is 36.5 Å². The second kappa shape index (κ2) is 3.17. The van der Waals surface area contributed by atoms with Crippen molar-refractivity contribution in [3.63, 3.8) is 0 Å². The molecule has 0 saturated carbocycles. The number of aliphatic carboxylic acids is 1. The standard InChI is InChI=1S/C3H9NO5S/c4-2(3(5)6)1-10(7,8)9/h2,7-9H,1,4H2,(H,5,6). The van der Waals surface area contributed by atoms with Crippen molar-refractivity contribution in [2.75, 3.05) is 5.75 Å². The zero-order valence-corrected chi connectivity index (χ0v) is 5.78. The van der Waals surface area contributed by atoms with E-state index in [4.69, 9.17) is 24.5 Å². The van der Waals surface area contributed by atoms with Crippen LogP contribution in [0.3, 0.4) is 0 Å². The minimum absolute atomic E-state index is 0.734. The Labute approximate surface area is 58.8 Å². The summed E-state index contributed by atoms with van der Waals surface area (Å²) >= 11 is 0. The molecule has 0 fully saturated rings. The molecule has 0 aliphatic rings. The van der Waals surface area contributed by atoms with Gasteiger partial charge in [0.2, 0.25) is 0 Å². The van der Waals surface area contributed by atoms with Crippen LogP contribution in [0.2, 0.25) is 0 Å². The molecule has 0 aliphatic carbocycles. The van der Waals surface area contributed by atoms with E-state index in [0.717, 1.165) is 0 Å². The van der Waals surface area contributed by atoms with Gasteiger partial charge in [0.05, 0.1) is 16.6 Å². The zero-order chi connectivity index (χ0) is 8.36. The Morgan fingerprint density at radius 1 is 1.50 bits per heavy atom. The maximum Gasteiger partial charge on any atom is 0.321 e. The van der Waals surface area contributed by atoms with Gasteiger partial charge in [-0.1, -0.05) is 0 Å². The maximum atomic E-state index is 9.93. The molecule has 0 amide bonds. The van der Waals surface area contributed by atoms with E-state index in [1.54, 1.807) is 0 Å². The number of carboxylic acids is 1. The van der Waals surface area contributed by atoms with Crippen LogP contribution < -0.4 is 5.73 Å². The van der Waals surface area contributed by atoms with Crippen LogP contribution in [0.4, 0.5) is 0 Å². The predicted octanol–water partition coefficient (Wildman–Crippen LogP) is -0.378. The molecule has 0 aromatic carbocycles. The monoisotopic (exact) mass is 171 g/mol. The first-order chi connectivity index (χ1) is 4.33. The Balaban J connectivity index is 3.80. The van der Waals surface area contributed by atoms with Gasteiger partial charge >= 0.3 is 5.97 Å². The maximum absolute atomic E-state index is 9.93. The molecule has 0 aliphatic heterocycles. The number of hydrogen-bond acceptors (Lipinski definition) is 5. The van der Waals surface area contributed by atoms with E-state index >= 15 is 0 Å². The molecule has 6 N–H and O–H groups in total. The van der Waals surface area contributed by atoms with Crippen molar-refractivity contribution in [3.05, 3.63) is 0 Å². The van der Waals surface area contributed by atoms with Crippen LogP contribution in [0.5, 0.6) is 0 Å². The highest BCUT2D eigenvalue weighted by Crippen LogP contribution is 2.32. The molecular weight excluding hydrogens is 162 g/mol. The van der Waals surface area contributed by atoms with Gasteiger partial charge in [-0.25, -0.2) is 0 Å². The highest BCUT2D eigenvalue weighted by atomic mass is 32.3. The Morgan fingerprint density at radius 2 is 1.90 bits per heavy atom. The van der Waals surface area contributed by atoms with Gasteiger partial charge in [0.1, 0.15) is 6.04 Å². The molecule has 0 radical (unpaired) electrons. The molecule has 0 spiro atoms. The van der Waals surface area contributed by atoms with Crippen molar-refractivity contribution in [2.45, 2.75) is 6.04 Å². The molecule has 62 valence electrons. The van der Waals surface area contributed by atoms with Crippen LogP contribution in [0.1, 0.15) is 0 Å². The van der Waals surface area contributed by atoms with E-state index in [0.29, 0.717) is 0 Å². The van der Waals surface area contributed by atoms with Crippen LogP contribution in [-0.2, 0) is 4.79 Å². The van der Waals surface area contributed by atoms with Gasteiger partial charge in [0.25, 0.3) is 0 Å². The molecule has 10 heavy (non-hydrogen) atoms. The summed E-state index contributed by atoms with van der Waals surface area (Å²) in [6.07, 6.45) is 0. The van der Waals surface area contributed by atoms with Gasteiger partial charge in [0, 0.05) is 0 Å². The summed E-state index contributed by atoms with van der Waals surface area (Å²) in [5, 5.41) is 8.10. The molecule has 6 nitrogen and oxygen atoms in total. The summed E-state index contributed by atoms with van der Waals surface area (Å²) in [5.74, 6) is -2.11. The molecule has 0 aromatic heterocycles. The molecule has 0 saturated heterocycles. The first kappa shape index (κ1) is 9.66. The lowest BCUT2D eigenvalue weighted by molar-refractivity contribution is -0.138. The highest BCUT2D eigenvalue weighted by Gasteiger charge is 2.21. The van der Waals surface area contributed by atoms with Gasteiger partial charge in [0.15, 0.2) is 0 Å². The van der Waals surface area contributed by atoms with E-state index in [1.807, 2.05) is 0 Å². The third-order valence-corrected chi connectivity index (χ3v) is 1.53. The third kappa shape index (κ3) is 4.53. The van der Waals surface area contributed by atoms with E-state index in [9.17, 15) is 4.79 Å². The lowest BCUT2D eigenvalue weighted by Gasteiger charge is -2.20. The molecule has 0 rings (SSSR count). The number of hydrogen-bond donors (Lipinski definition) is 5. The van der Waals surface area contributed by atoms with Crippen molar-refractivity contribution in [1.29, 1.82) is 0 Å². The molecule has 0 bridgehead atoms. The summed E-state index contributed by atoms with van der Waals surface area (Å²) < 4.78 is 24.9. The van der Waals surface area contributed by atoms with Crippen molar-refractivity contribution in [1.82, 2.24) is 0 Å². The first-order valence-corrected chi connectivity index (χ1v) is 3.97. The predicted molar refractivity (Wildman–Crippen MR) is 36.0 cm³/mol. The van der Waals surface area contributed by atoms with Crippen LogP contribution in [0.25, 0.3) is 0 Å². The summed E-state index contributed by atoms with van der Waals surface area (Å²) in [6, 6.07) is -1.44. The molecule has 0 aromatic rings. The number of carboxylic acid groups (broad SMARTS) is 1. The minimum atomic E-state index is -3.77. The Kier molecular flexibility index (Phi) is 3.06. The number of rotatable bonds is 3. The third-order valence-electron chi connectivity index (χ3n) is 0.720. The molecule has 1 unspecified atom stereocenters. The molecule has 7 heteroatoms. The lowest BCUT2D eigenvalue weighted by atomic mass is 10.4. The fourth-order valence-corrected chi connectivity index (χ4v) is 0.937. The Hall–Kier alpha value is -0.340. The molecule has 0 heterocycles. The van der Waals surface area contributed by atoms with E-state index < -0.39 is 28.6 Å². The summed E-state index contributed by atoms with van der Waals surface area (Å²) in [6.45, 7) is 0. The first-order valence-electron chi connectivity index (χ1n) is 2.29. The van der Waals surface area contributed by atoms with Crippen molar-refractivity contribution < 1.29 is 23.6 Å². The van der Waals surface area contributed by atoms with E-state index in [2.05, 4.69) is 0 Å². The quantitative estimate of drug-likeness (QED) is 0.394. The number of nitrogens with two attached hydrogens (primary N) is 1. The minimum Gasteiger partial charge on any atom is -0.480 e. The van der Waals surface area contributed by atoms with Crippen molar-refractivity contribution in [2.24, 2.45) is 5.73 Å². The topological polar surface area (TPSA) is 124 Å². The van der Waals surface area contributed by atoms with E-state index in [1.165, 1.54) is 0 Å². The van der Waals surface area contributed by atoms with E-state index in [-0.39, 0.29) is 0 Å². The second-order valence-electron chi connectivity index (χ2n) is 1.74. The van der Waals surface area contributed by atoms with Gasteiger partial charge in [-0.15, -0.1) is 0 Å². The average molecular weight is 171 g/mol. The van der Waals surface area contributed by atoms with Crippen LogP contribution in [0.15, 0.2) is 0 Å². The second-order valence-corrected chi connectivity index (χ2v) is 3.34. The molecular formula is C3H9NO5S. The Bertz CT molecular complexity index is 131. The summed E-state index contributed by atoms with van der Waals surface area (Å²) in [5.41, 5.74) is 4.84. The van der Waals surface area contributed by atoms with Crippen molar-refractivity contribution in [3.8, 4) is 0 Å². The van der Waals surface area contributed by atoms with Crippen LogP contribution >= 0.6 is 10.9 Å². The Morgan fingerprint density at radius 3 is 2.00 bits per heavy atom.